The van der Waals surface area contributed by atoms with Crippen molar-refractivity contribution in [3.8, 4) is 11.6 Å². The van der Waals surface area contributed by atoms with Crippen molar-refractivity contribution in [2.45, 2.75) is 13.8 Å². The molecule has 0 radical (unpaired) electrons. The number of likely N-dealkylation sites (N-methyl/N-ethyl adjacent to an activating group) is 1. The summed E-state index contributed by atoms with van der Waals surface area (Å²) in [4.78, 5) is 18.8. The van der Waals surface area contributed by atoms with Gasteiger partial charge in [0.05, 0.1) is 17.9 Å². The van der Waals surface area contributed by atoms with Crippen LogP contribution in [0.1, 0.15) is 23.0 Å². The maximum atomic E-state index is 12.7. The first-order valence-electron chi connectivity index (χ1n) is 8.04. The third-order valence-electron chi connectivity index (χ3n) is 3.90. The molecule has 0 bridgehead atoms. The minimum atomic E-state index is -0.126. The standard InChI is InChI=1S/C17H21N5O3/c1-4-21(7-8-24-3)17(23)12-9-13(18)16-19-15(20-22(16)10-12)14-6-5-11(2)25-14/h5-6,9-10H,4,7-8,18H2,1-3H3. The van der Waals surface area contributed by atoms with Gasteiger partial charge in [-0.1, -0.05) is 0 Å². The summed E-state index contributed by atoms with van der Waals surface area (Å²) in [5.74, 6) is 1.63. The molecule has 0 unspecified atom stereocenters. The van der Waals surface area contributed by atoms with Gasteiger partial charge in [0.25, 0.3) is 5.91 Å². The lowest BCUT2D eigenvalue weighted by atomic mass is 10.2. The number of hydrogen-bond donors (Lipinski definition) is 1. The summed E-state index contributed by atoms with van der Waals surface area (Å²) in [5.41, 5.74) is 7.41. The molecule has 3 rings (SSSR count). The summed E-state index contributed by atoms with van der Waals surface area (Å²) in [6, 6.07) is 5.27. The van der Waals surface area contributed by atoms with Gasteiger partial charge in [-0.3, -0.25) is 4.79 Å². The third-order valence-corrected chi connectivity index (χ3v) is 3.90. The van der Waals surface area contributed by atoms with Crippen LogP contribution in [0, 0.1) is 6.92 Å². The number of ether oxygens (including phenoxy) is 1. The molecular weight excluding hydrogens is 322 g/mol. The van der Waals surface area contributed by atoms with Gasteiger partial charge >= 0.3 is 0 Å². The zero-order valence-corrected chi connectivity index (χ0v) is 14.5. The Balaban J connectivity index is 1.96. The van der Waals surface area contributed by atoms with Crippen molar-refractivity contribution in [2.75, 3.05) is 32.5 Å². The number of anilines is 1. The van der Waals surface area contributed by atoms with Crippen LogP contribution in [0.2, 0.25) is 0 Å². The third kappa shape index (κ3) is 3.34. The number of aryl methyl sites for hydroxylation is 1. The van der Waals surface area contributed by atoms with E-state index in [-0.39, 0.29) is 5.91 Å². The van der Waals surface area contributed by atoms with E-state index in [2.05, 4.69) is 10.1 Å². The van der Waals surface area contributed by atoms with E-state index in [0.29, 0.717) is 48.2 Å². The highest BCUT2D eigenvalue weighted by atomic mass is 16.5. The molecule has 0 atom stereocenters. The Morgan fingerprint density at radius 2 is 2.24 bits per heavy atom. The lowest BCUT2D eigenvalue weighted by Crippen LogP contribution is -2.33. The summed E-state index contributed by atoms with van der Waals surface area (Å²) in [5, 5.41) is 4.38. The molecule has 8 heteroatoms. The Labute approximate surface area is 145 Å². The maximum absolute atomic E-state index is 12.7. The zero-order valence-electron chi connectivity index (χ0n) is 14.5. The van der Waals surface area contributed by atoms with E-state index in [1.54, 1.807) is 30.3 Å². The molecule has 132 valence electrons. The Kier molecular flexibility index (Phi) is 4.71. The van der Waals surface area contributed by atoms with Crippen molar-refractivity contribution in [1.82, 2.24) is 19.5 Å². The lowest BCUT2D eigenvalue weighted by molar-refractivity contribution is 0.0706. The van der Waals surface area contributed by atoms with Crippen LogP contribution in [0.3, 0.4) is 0 Å². The number of hydrogen-bond acceptors (Lipinski definition) is 6. The van der Waals surface area contributed by atoms with Gasteiger partial charge < -0.3 is 19.8 Å². The number of methoxy groups -OCH3 is 1. The van der Waals surface area contributed by atoms with E-state index in [9.17, 15) is 4.79 Å². The van der Waals surface area contributed by atoms with E-state index in [1.165, 1.54) is 4.52 Å². The number of aromatic nitrogens is 3. The second-order valence-corrected chi connectivity index (χ2v) is 5.68. The molecule has 3 heterocycles. The highest BCUT2D eigenvalue weighted by Crippen LogP contribution is 2.22. The molecule has 0 aromatic carbocycles. The molecule has 0 spiro atoms. The minimum Gasteiger partial charge on any atom is -0.458 e. The number of nitrogens with zero attached hydrogens (tertiary/aromatic N) is 4. The topological polar surface area (TPSA) is 98.9 Å². The predicted octanol–water partition coefficient (Wildman–Crippen LogP) is 1.99. The van der Waals surface area contributed by atoms with E-state index < -0.39 is 0 Å². The molecule has 3 aromatic heterocycles. The second-order valence-electron chi connectivity index (χ2n) is 5.68. The predicted molar refractivity (Wildman–Crippen MR) is 93.3 cm³/mol. The van der Waals surface area contributed by atoms with Crippen molar-refractivity contribution in [3.05, 3.63) is 35.7 Å². The fourth-order valence-electron chi connectivity index (χ4n) is 2.57. The van der Waals surface area contributed by atoms with Gasteiger partial charge in [0.2, 0.25) is 5.82 Å². The smallest absolute Gasteiger partial charge is 0.255 e. The van der Waals surface area contributed by atoms with Crippen molar-refractivity contribution in [1.29, 1.82) is 0 Å². The maximum Gasteiger partial charge on any atom is 0.255 e. The number of amides is 1. The van der Waals surface area contributed by atoms with Crippen LogP contribution >= 0.6 is 0 Å². The van der Waals surface area contributed by atoms with Crippen LogP contribution < -0.4 is 5.73 Å². The summed E-state index contributed by atoms with van der Waals surface area (Å²) >= 11 is 0. The average molecular weight is 343 g/mol. The van der Waals surface area contributed by atoms with E-state index in [0.717, 1.165) is 5.76 Å². The Bertz CT molecular complexity index is 899. The molecule has 25 heavy (non-hydrogen) atoms. The summed E-state index contributed by atoms with van der Waals surface area (Å²) < 4.78 is 12.1. The molecule has 0 fully saturated rings. The van der Waals surface area contributed by atoms with Crippen LogP contribution in [-0.2, 0) is 4.74 Å². The quantitative estimate of drug-likeness (QED) is 0.735. The number of nitrogen functional groups attached to an aromatic ring is 1. The number of pyridine rings is 1. The van der Waals surface area contributed by atoms with Gasteiger partial charge in [0.1, 0.15) is 5.76 Å². The molecule has 3 aromatic rings. The van der Waals surface area contributed by atoms with Crippen molar-refractivity contribution >= 4 is 17.2 Å². The summed E-state index contributed by atoms with van der Waals surface area (Å²) in [6.07, 6.45) is 1.63. The number of nitrogens with two attached hydrogens (primary N) is 1. The van der Waals surface area contributed by atoms with Crippen LogP contribution in [0.25, 0.3) is 17.2 Å². The molecule has 0 aliphatic carbocycles. The minimum absolute atomic E-state index is 0.126. The van der Waals surface area contributed by atoms with Crippen LogP contribution in [0.4, 0.5) is 5.69 Å². The van der Waals surface area contributed by atoms with Crippen molar-refractivity contribution in [3.63, 3.8) is 0 Å². The number of rotatable bonds is 6. The summed E-state index contributed by atoms with van der Waals surface area (Å²) in [6.45, 7) is 5.33. The lowest BCUT2D eigenvalue weighted by Gasteiger charge is -2.20. The molecular formula is C17H21N5O3. The highest BCUT2D eigenvalue weighted by Gasteiger charge is 2.18. The van der Waals surface area contributed by atoms with Gasteiger partial charge in [-0.25, -0.2) is 9.50 Å². The normalized spacial score (nSPS) is 11.2. The molecule has 0 saturated carbocycles. The monoisotopic (exact) mass is 343 g/mol. The van der Waals surface area contributed by atoms with E-state index in [1.807, 2.05) is 19.9 Å². The Morgan fingerprint density at radius 1 is 1.44 bits per heavy atom. The van der Waals surface area contributed by atoms with Crippen LogP contribution in [0.5, 0.6) is 0 Å². The van der Waals surface area contributed by atoms with Crippen LogP contribution in [0.15, 0.2) is 28.8 Å². The number of carbonyl (C=O) groups excluding carboxylic acids is 1. The molecule has 2 N–H and O–H groups in total. The van der Waals surface area contributed by atoms with Gasteiger partial charge in [-0.2, -0.15) is 0 Å². The average Bonchev–Trinajstić information content (AvgIpc) is 3.21. The molecule has 1 amide bonds. The second kappa shape index (κ2) is 6.94. The van der Waals surface area contributed by atoms with Gasteiger partial charge in [-0.15, -0.1) is 5.10 Å². The molecule has 8 nitrogen and oxygen atoms in total. The zero-order chi connectivity index (χ0) is 18.0. The molecule has 0 aliphatic rings. The Hall–Kier alpha value is -2.87. The first-order chi connectivity index (χ1) is 12.0. The first kappa shape index (κ1) is 17.0. The number of fused-ring (bicyclic) bond motifs is 1. The summed E-state index contributed by atoms with van der Waals surface area (Å²) in [7, 11) is 1.61. The largest absolute Gasteiger partial charge is 0.458 e. The fraction of sp³-hybridized carbons (Fsp3) is 0.353. The van der Waals surface area contributed by atoms with Gasteiger partial charge in [0.15, 0.2) is 11.4 Å². The molecule has 0 saturated heterocycles. The SMILES string of the molecule is CCN(CCOC)C(=O)c1cc(N)c2nc(-c3ccc(C)o3)nn2c1. The van der Waals surface area contributed by atoms with E-state index in [4.69, 9.17) is 14.9 Å². The number of furan rings is 1. The van der Waals surface area contributed by atoms with Gasteiger partial charge in [-0.05, 0) is 32.0 Å². The van der Waals surface area contributed by atoms with Crippen molar-refractivity contribution in [2.24, 2.45) is 0 Å². The van der Waals surface area contributed by atoms with Gasteiger partial charge in [0, 0.05) is 26.4 Å². The molecule has 0 aliphatic heterocycles. The fourth-order valence-corrected chi connectivity index (χ4v) is 2.57. The van der Waals surface area contributed by atoms with Crippen molar-refractivity contribution < 1.29 is 13.9 Å². The van der Waals surface area contributed by atoms with Crippen LogP contribution in [-0.4, -0.2) is 52.2 Å². The highest BCUT2D eigenvalue weighted by molar-refractivity contribution is 5.95. The van der Waals surface area contributed by atoms with E-state index >= 15 is 0 Å². The number of carbonyl (C=O) groups is 1. The first-order valence-corrected chi connectivity index (χ1v) is 8.04. The Morgan fingerprint density at radius 3 is 2.88 bits per heavy atom.